The van der Waals surface area contributed by atoms with E-state index in [1.807, 2.05) is 36.4 Å². The van der Waals surface area contributed by atoms with Crippen molar-refractivity contribution in [3.05, 3.63) is 29.8 Å². The van der Waals surface area contributed by atoms with E-state index in [1.54, 1.807) is 31.2 Å². The van der Waals surface area contributed by atoms with Crippen molar-refractivity contribution in [1.82, 2.24) is 5.32 Å². The predicted molar refractivity (Wildman–Crippen MR) is 146 cm³/mol. The number of aliphatic hydroxyl groups excluding tert-OH is 1. The summed E-state index contributed by atoms with van der Waals surface area (Å²) < 4.78 is 11.4. The molecule has 9 nitrogen and oxygen atoms in total. The number of amides is 2. The number of rotatable bonds is 19. The van der Waals surface area contributed by atoms with Gasteiger partial charge in [0, 0.05) is 37.5 Å². The first-order valence-corrected chi connectivity index (χ1v) is 13.8. The lowest BCUT2D eigenvalue weighted by molar-refractivity contribution is -0.133. The molecular formula is C26H39IN2O7. The maximum absolute atomic E-state index is 12.8. The van der Waals surface area contributed by atoms with Crippen LogP contribution in [-0.2, 0) is 35.3 Å². The predicted octanol–water partition coefficient (Wildman–Crippen LogP) is 3.06. The van der Waals surface area contributed by atoms with E-state index >= 15 is 0 Å². The SMILES string of the molecule is CC(C)[C@H](CC(=O)CCOCCOCCCC(=O)CI)C(=O)N[C@@H](C)C(=O)Nc1ccc(CO)cc1. The molecule has 0 saturated heterocycles. The maximum Gasteiger partial charge on any atom is 0.246 e. The average molecular weight is 619 g/mol. The number of carbonyl (C=O) groups is 4. The highest BCUT2D eigenvalue weighted by Gasteiger charge is 2.27. The van der Waals surface area contributed by atoms with Gasteiger partial charge in [0.1, 0.15) is 17.6 Å². The highest BCUT2D eigenvalue weighted by molar-refractivity contribution is 14.1. The number of nitrogens with one attached hydrogen (secondary N) is 2. The fourth-order valence-electron chi connectivity index (χ4n) is 3.25. The van der Waals surface area contributed by atoms with Gasteiger partial charge in [-0.05, 0) is 37.0 Å². The summed E-state index contributed by atoms with van der Waals surface area (Å²) in [7, 11) is 0. The zero-order valence-electron chi connectivity index (χ0n) is 21.4. The second-order valence-electron chi connectivity index (χ2n) is 8.92. The molecule has 0 spiro atoms. The van der Waals surface area contributed by atoms with Gasteiger partial charge in [0.25, 0.3) is 0 Å². The molecule has 2 amide bonds. The molecule has 1 aromatic rings. The minimum Gasteiger partial charge on any atom is -0.392 e. The van der Waals surface area contributed by atoms with Crippen molar-refractivity contribution in [3.8, 4) is 0 Å². The third-order valence-corrected chi connectivity index (χ3v) is 6.39. The molecule has 2 atom stereocenters. The molecule has 0 fully saturated rings. The summed E-state index contributed by atoms with van der Waals surface area (Å²) >= 11 is 2.05. The van der Waals surface area contributed by atoms with Crippen LogP contribution in [0.1, 0.15) is 52.0 Å². The number of ketones is 2. The number of halogens is 1. The Morgan fingerprint density at radius 1 is 0.889 bits per heavy atom. The Labute approximate surface area is 227 Å². The van der Waals surface area contributed by atoms with Crippen LogP contribution in [0.25, 0.3) is 0 Å². The number of benzene rings is 1. The molecular weight excluding hydrogens is 579 g/mol. The van der Waals surface area contributed by atoms with E-state index in [2.05, 4.69) is 10.6 Å². The van der Waals surface area contributed by atoms with E-state index < -0.39 is 12.0 Å². The Hall–Kier alpha value is -1.89. The molecule has 0 radical (unpaired) electrons. The van der Waals surface area contributed by atoms with Crippen LogP contribution < -0.4 is 10.6 Å². The van der Waals surface area contributed by atoms with Gasteiger partial charge >= 0.3 is 0 Å². The van der Waals surface area contributed by atoms with Crippen molar-refractivity contribution < 1.29 is 33.8 Å². The highest BCUT2D eigenvalue weighted by atomic mass is 127. The van der Waals surface area contributed by atoms with Gasteiger partial charge < -0.3 is 25.2 Å². The van der Waals surface area contributed by atoms with Gasteiger partial charge in [-0.15, -0.1) is 0 Å². The van der Waals surface area contributed by atoms with E-state index in [4.69, 9.17) is 14.6 Å². The molecule has 0 heterocycles. The first-order valence-electron chi connectivity index (χ1n) is 12.2. The fourth-order valence-corrected chi connectivity index (χ4v) is 3.64. The van der Waals surface area contributed by atoms with Gasteiger partial charge in [-0.1, -0.05) is 48.6 Å². The third-order valence-electron chi connectivity index (χ3n) is 5.54. The number of anilines is 1. The van der Waals surface area contributed by atoms with Gasteiger partial charge in [0.15, 0.2) is 0 Å². The Bertz CT molecular complexity index is 830. The summed E-state index contributed by atoms with van der Waals surface area (Å²) in [5.41, 5.74) is 1.29. The summed E-state index contributed by atoms with van der Waals surface area (Å²) in [6.07, 6.45) is 1.48. The van der Waals surface area contributed by atoms with Gasteiger partial charge in [0.2, 0.25) is 11.8 Å². The number of alkyl halides is 1. The molecule has 0 saturated carbocycles. The standard InChI is InChI=1S/C26H39IN2O7/c1-18(2)24(15-22(31)10-12-36-14-13-35-11-4-5-23(32)16-27)26(34)28-19(3)25(33)29-21-8-6-20(17-30)7-9-21/h6-9,18-19,24,30H,4-5,10-17H2,1-3H3,(H,28,34)(H,29,33)/t19-,24-/m0/s1. The van der Waals surface area contributed by atoms with Crippen molar-refractivity contribution in [2.45, 2.75) is 59.1 Å². The minimum absolute atomic E-state index is 0.0746. The summed E-state index contributed by atoms with van der Waals surface area (Å²) in [4.78, 5) is 48.9. The zero-order chi connectivity index (χ0) is 26.9. The van der Waals surface area contributed by atoms with Crippen LogP contribution in [0, 0.1) is 11.8 Å². The maximum atomic E-state index is 12.8. The number of Topliss-reactive ketones (excluding diaryl/α,β-unsaturated/α-hetero) is 2. The molecule has 10 heteroatoms. The first-order chi connectivity index (χ1) is 17.2. The molecule has 0 aliphatic heterocycles. The van der Waals surface area contributed by atoms with E-state index in [9.17, 15) is 19.2 Å². The number of hydrogen-bond donors (Lipinski definition) is 3. The van der Waals surface area contributed by atoms with Gasteiger partial charge in [-0.2, -0.15) is 0 Å². The number of carbonyl (C=O) groups excluding carboxylic acids is 4. The van der Waals surface area contributed by atoms with E-state index in [0.29, 0.717) is 42.8 Å². The number of aliphatic hydroxyl groups is 1. The molecule has 0 aromatic heterocycles. The molecule has 0 unspecified atom stereocenters. The zero-order valence-corrected chi connectivity index (χ0v) is 23.5. The van der Waals surface area contributed by atoms with Crippen LogP contribution in [0.2, 0.25) is 0 Å². The van der Waals surface area contributed by atoms with Gasteiger partial charge in [-0.3, -0.25) is 19.2 Å². The van der Waals surface area contributed by atoms with Crippen molar-refractivity contribution in [2.24, 2.45) is 11.8 Å². The van der Waals surface area contributed by atoms with Gasteiger partial charge in [0.05, 0.1) is 30.9 Å². The molecule has 0 aliphatic rings. The van der Waals surface area contributed by atoms with Crippen LogP contribution in [0.3, 0.4) is 0 Å². The monoisotopic (exact) mass is 618 g/mol. The van der Waals surface area contributed by atoms with Gasteiger partial charge in [-0.25, -0.2) is 0 Å². The number of hydrogen-bond acceptors (Lipinski definition) is 7. The van der Waals surface area contributed by atoms with Crippen LogP contribution in [0.4, 0.5) is 5.69 Å². The lowest BCUT2D eigenvalue weighted by Gasteiger charge is -2.22. The summed E-state index contributed by atoms with van der Waals surface area (Å²) in [5, 5.41) is 14.5. The topological polar surface area (TPSA) is 131 Å². The first kappa shape index (κ1) is 32.1. The fraction of sp³-hybridized carbons (Fsp3) is 0.615. The Kier molecular flexibility index (Phi) is 16.4. The average Bonchev–Trinajstić information content (AvgIpc) is 2.86. The lowest BCUT2D eigenvalue weighted by atomic mass is 9.89. The van der Waals surface area contributed by atoms with E-state index in [1.165, 1.54) is 0 Å². The molecule has 202 valence electrons. The molecule has 36 heavy (non-hydrogen) atoms. The minimum atomic E-state index is -0.783. The third kappa shape index (κ3) is 13.4. The quantitative estimate of drug-likeness (QED) is 0.123. The Morgan fingerprint density at radius 2 is 1.53 bits per heavy atom. The second-order valence-corrected chi connectivity index (χ2v) is 9.68. The van der Waals surface area contributed by atoms with Crippen molar-refractivity contribution in [3.63, 3.8) is 0 Å². The van der Waals surface area contributed by atoms with Crippen LogP contribution in [0.5, 0.6) is 0 Å². The van der Waals surface area contributed by atoms with E-state index in [-0.39, 0.29) is 55.4 Å². The summed E-state index contributed by atoms with van der Waals surface area (Å²) in [6.45, 7) is 6.74. The van der Waals surface area contributed by atoms with E-state index in [0.717, 1.165) is 5.56 Å². The Balaban J connectivity index is 2.34. The molecule has 0 bridgehead atoms. The Morgan fingerprint density at radius 3 is 2.11 bits per heavy atom. The highest BCUT2D eigenvalue weighted by Crippen LogP contribution is 2.17. The largest absolute Gasteiger partial charge is 0.392 e. The van der Waals surface area contributed by atoms with Crippen LogP contribution >= 0.6 is 22.6 Å². The smallest absolute Gasteiger partial charge is 0.246 e. The normalized spacial score (nSPS) is 12.7. The lowest BCUT2D eigenvalue weighted by Crippen LogP contribution is -2.45. The van der Waals surface area contributed by atoms with Crippen LogP contribution in [0.15, 0.2) is 24.3 Å². The molecule has 1 aromatic carbocycles. The number of ether oxygens (including phenoxy) is 2. The summed E-state index contributed by atoms with van der Waals surface area (Å²) in [6, 6.07) is 5.98. The van der Waals surface area contributed by atoms with Crippen molar-refractivity contribution in [1.29, 1.82) is 0 Å². The molecule has 3 N–H and O–H groups in total. The second kappa shape index (κ2) is 18.4. The molecule has 0 aliphatic carbocycles. The van der Waals surface area contributed by atoms with Crippen molar-refractivity contribution >= 4 is 51.7 Å². The van der Waals surface area contributed by atoms with Crippen molar-refractivity contribution in [2.75, 3.05) is 36.2 Å². The summed E-state index contributed by atoms with van der Waals surface area (Å²) in [5.74, 6) is -1.21. The van der Waals surface area contributed by atoms with Crippen LogP contribution in [-0.4, -0.2) is 65.4 Å². The molecule has 1 rings (SSSR count).